The Bertz CT molecular complexity index is 233. The Balaban J connectivity index is 0.000000140. The van der Waals surface area contributed by atoms with Crippen LogP contribution in [-0.4, -0.2) is 28.7 Å². The van der Waals surface area contributed by atoms with Crippen LogP contribution in [0.2, 0.25) is 0 Å². The molecule has 3 nitrogen and oxygen atoms in total. The van der Waals surface area contributed by atoms with Crippen molar-refractivity contribution in [1.82, 2.24) is 0 Å². The maximum Gasteiger partial charge on any atom is 0.309 e. The summed E-state index contributed by atoms with van der Waals surface area (Å²) in [7, 11) is 0. The highest BCUT2D eigenvalue weighted by atomic mass is 35.5. The van der Waals surface area contributed by atoms with E-state index in [1.54, 1.807) is 0 Å². The van der Waals surface area contributed by atoms with Gasteiger partial charge in [-0.25, -0.2) is 8.78 Å². The van der Waals surface area contributed by atoms with Gasteiger partial charge in [-0.3, -0.25) is 9.59 Å². The molecule has 0 amide bonds. The van der Waals surface area contributed by atoms with Crippen molar-refractivity contribution >= 4 is 22.8 Å². The molecular weight excluding hydrogens is 218 g/mol. The zero-order chi connectivity index (χ0) is 10.9. The lowest BCUT2D eigenvalue weighted by Gasteiger charge is -1.77. The minimum Gasteiger partial charge on any atom is -0.481 e. The van der Waals surface area contributed by atoms with E-state index in [0.29, 0.717) is 6.42 Å². The molecule has 0 aliphatic heterocycles. The Kier molecular flexibility index (Phi) is 3.42. The average molecular weight is 227 g/mol. The summed E-state index contributed by atoms with van der Waals surface area (Å²) < 4.78 is 23.4. The fraction of sp³-hybridized carbons (Fsp3) is 0.750. The van der Waals surface area contributed by atoms with Gasteiger partial charge in [-0.1, -0.05) is 0 Å². The van der Waals surface area contributed by atoms with Crippen molar-refractivity contribution in [3.05, 3.63) is 0 Å². The molecule has 0 spiro atoms. The first kappa shape index (κ1) is 11.4. The van der Waals surface area contributed by atoms with Gasteiger partial charge in [0.1, 0.15) is 12.3 Å². The molecule has 0 aromatic carbocycles. The monoisotopic (exact) mass is 226 g/mol. The van der Waals surface area contributed by atoms with Crippen LogP contribution in [0.1, 0.15) is 12.8 Å². The molecule has 1 N–H and O–H groups in total. The third-order valence-corrected chi connectivity index (χ3v) is 2.31. The Morgan fingerprint density at radius 2 is 1.50 bits per heavy atom. The van der Waals surface area contributed by atoms with Crippen molar-refractivity contribution in [2.75, 3.05) is 0 Å². The quantitative estimate of drug-likeness (QED) is 0.727. The largest absolute Gasteiger partial charge is 0.481 e. The topological polar surface area (TPSA) is 54.4 Å². The van der Waals surface area contributed by atoms with Crippen molar-refractivity contribution in [3.63, 3.8) is 0 Å². The third-order valence-electron chi connectivity index (χ3n) is 2.03. The summed E-state index contributed by atoms with van der Waals surface area (Å²) in [5.74, 6) is -2.16. The van der Waals surface area contributed by atoms with Crippen molar-refractivity contribution in [2.45, 2.75) is 25.2 Å². The highest BCUT2D eigenvalue weighted by Crippen LogP contribution is 2.35. The fourth-order valence-electron chi connectivity index (χ4n) is 0.818. The van der Waals surface area contributed by atoms with Crippen LogP contribution < -0.4 is 0 Å². The molecule has 0 aromatic heterocycles. The molecule has 2 aliphatic carbocycles. The lowest BCUT2D eigenvalue weighted by Crippen LogP contribution is -1.98. The summed E-state index contributed by atoms with van der Waals surface area (Å²) in [6, 6.07) is 0. The normalized spacial score (nSPS) is 37.9. The second-order valence-electron chi connectivity index (χ2n) is 3.36. The predicted molar refractivity (Wildman–Crippen MR) is 44.5 cm³/mol. The third kappa shape index (κ3) is 3.21. The number of carbonyl (C=O) groups is 2. The summed E-state index contributed by atoms with van der Waals surface area (Å²) in [6.07, 6.45) is -1.44. The van der Waals surface area contributed by atoms with Gasteiger partial charge in [0.05, 0.1) is 11.8 Å². The molecule has 0 bridgehead atoms. The second kappa shape index (κ2) is 4.21. The van der Waals surface area contributed by atoms with E-state index in [4.69, 9.17) is 16.7 Å². The number of carboxylic acid groups (broad SMARTS) is 1. The van der Waals surface area contributed by atoms with Crippen molar-refractivity contribution in [3.8, 4) is 0 Å². The maximum absolute atomic E-state index is 11.7. The lowest BCUT2D eigenvalue weighted by atomic mass is 10.4. The van der Waals surface area contributed by atoms with Crippen LogP contribution in [0.4, 0.5) is 8.78 Å². The molecule has 6 heteroatoms. The molecule has 0 heterocycles. The fourth-order valence-corrected chi connectivity index (χ4v) is 1.04. The van der Waals surface area contributed by atoms with Crippen LogP contribution in [0.3, 0.4) is 0 Å². The number of carbonyl (C=O) groups excluding carboxylic acids is 1. The van der Waals surface area contributed by atoms with Gasteiger partial charge in [-0.05, 0) is 24.4 Å². The zero-order valence-corrected chi connectivity index (χ0v) is 7.88. The Hall–Kier alpha value is -0.710. The molecular formula is C8H9ClF2O3. The highest BCUT2D eigenvalue weighted by Gasteiger charge is 2.43. The average Bonchev–Trinajstić information content (AvgIpc) is 2.90. The number of aliphatic carboxylic acids is 1. The van der Waals surface area contributed by atoms with E-state index in [9.17, 15) is 18.4 Å². The smallest absolute Gasteiger partial charge is 0.309 e. The molecule has 0 saturated heterocycles. The van der Waals surface area contributed by atoms with Crippen LogP contribution in [0.5, 0.6) is 0 Å². The predicted octanol–water partition coefficient (Wildman–Crippen LogP) is 1.54. The van der Waals surface area contributed by atoms with E-state index in [1.165, 1.54) is 0 Å². The summed E-state index contributed by atoms with van der Waals surface area (Å²) in [5.41, 5.74) is 0. The van der Waals surface area contributed by atoms with E-state index >= 15 is 0 Å². The summed E-state index contributed by atoms with van der Waals surface area (Å²) in [6.45, 7) is 0. The van der Waals surface area contributed by atoms with Gasteiger partial charge < -0.3 is 5.11 Å². The van der Waals surface area contributed by atoms with Gasteiger partial charge in [-0.2, -0.15) is 0 Å². The van der Waals surface area contributed by atoms with Gasteiger partial charge in [0.2, 0.25) is 5.24 Å². The number of hydrogen-bond acceptors (Lipinski definition) is 2. The summed E-state index contributed by atoms with van der Waals surface area (Å²) in [5, 5.41) is 7.45. The van der Waals surface area contributed by atoms with Crippen LogP contribution in [-0.2, 0) is 9.59 Å². The van der Waals surface area contributed by atoms with E-state index in [1.807, 2.05) is 0 Å². The highest BCUT2D eigenvalue weighted by molar-refractivity contribution is 6.64. The molecule has 2 aliphatic rings. The number of rotatable bonds is 2. The minimum absolute atomic E-state index is 0.218. The SMILES string of the molecule is O=C(Cl)[C@@H]1C[C@@H]1F.O=C(O)[C@@H]1C[C@@H]1F. The number of halogens is 3. The Labute approximate surface area is 84.0 Å². The first-order valence-electron chi connectivity index (χ1n) is 4.13. The number of carboxylic acids is 1. The van der Waals surface area contributed by atoms with Crippen molar-refractivity contribution in [1.29, 1.82) is 0 Å². The molecule has 4 atom stereocenters. The van der Waals surface area contributed by atoms with Crippen LogP contribution in [0.25, 0.3) is 0 Å². The van der Waals surface area contributed by atoms with E-state index in [2.05, 4.69) is 0 Å². The van der Waals surface area contributed by atoms with Gasteiger partial charge in [-0.15, -0.1) is 0 Å². The van der Waals surface area contributed by atoms with Gasteiger partial charge >= 0.3 is 5.97 Å². The van der Waals surface area contributed by atoms with Crippen molar-refractivity contribution < 1.29 is 23.5 Å². The molecule has 2 fully saturated rings. The van der Waals surface area contributed by atoms with E-state index < -0.39 is 35.4 Å². The number of hydrogen-bond donors (Lipinski definition) is 1. The first-order valence-corrected chi connectivity index (χ1v) is 4.51. The minimum atomic E-state index is -1.06. The van der Waals surface area contributed by atoms with Crippen LogP contribution >= 0.6 is 11.6 Å². The molecule has 80 valence electrons. The molecule has 0 aromatic rings. The second-order valence-corrected chi connectivity index (χ2v) is 3.73. The zero-order valence-electron chi connectivity index (χ0n) is 7.12. The molecule has 0 unspecified atom stereocenters. The molecule has 0 radical (unpaired) electrons. The lowest BCUT2D eigenvalue weighted by molar-refractivity contribution is -0.138. The standard InChI is InChI=1S/C4H4ClFO.C4H5FO2/c5-4(7)2-1-3(2)6;5-3-1-2(3)4(6)7/h2-3H,1H2;2-3H,1H2,(H,6,7)/t2*2-,3+/m11/s1. The Morgan fingerprint density at radius 3 is 1.50 bits per heavy atom. The van der Waals surface area contributed by atoms with Gasteiger partial charge in [0.25, 0.3) is 0 Å². The summed E-state index contributed by atoms with van der Waals surface area (Å²) in [4.78, 5) is 19.7. The van der Waals surface area contributed by atoms with Gasteiger partial charge in [0, 0.05) is 0 Å². The molecule has 14 heavy (non-hydrogen) atoms. The van der Waals surface area contributed by atoms with Crippen LogP contribution in [0, 0.1) is 11.8 Å². The summed E-state index contributed by atoms with van der Waals surface area (Å²) >= 11 is 4.89. The van der Waals surface area contributed by atoms with E-state index in [-0.39, 0.29) is 6.42 Å². The van der Waals surface area contributed by atoms with Crippen LogP contribution in [0.15, 0.2) is 0 Å². The molecule has 2 rings (SSSR count). The van der Waals surface area contributed by atoms with E-state index in [0.717, 1.165) is 0 Å². The molecule has 2 saturated carbocycles. The number of alkyl halides is 2. The maximum atomic E-state index is 11.7. The first-order chi connectivity index (χ1) is 6.43. The van der Waals surface area contributed by atoms with Gasteiger partial charge in [0.15, 0.2) is 0 Å². The Morgan fingerprint density at radius 1 is 1.14 bits per heavy atom. The van der Waals surface area contributed by atoms with Crippen molar-refractivity contribution in [2.24, 2.45) is 11.8 Å².